The van der Waals surface area contributed by atoms with Gasteiger partial charge >= 0.3 is 5.97 Å². The Morgan fingerprint density at radius 2 is 1.89 bits per heavy atom. The summed E-state index contributed by atoms with van der Waals surface area (Å²) in [6.07, 6.45) is -0.339. The van der Waals surface area contributed by atoms with Crippen molar-refractivity contribution in [1.29, 1.82) is 0 Å². The van der Waals surface area contributed by atoms with E-state index in [-0.39, 0.29) is 24.5 Å². The molecule has 0 radical (unpaired) electrons. The Hall–Kier alpha value is -3.30. The first-order valence-electron chi connectivity index (χ1n) is 12.2. The standard InChI is InChI=1S/C29H29FNO5P/c1-18(2)28-24(8-5-15-36-37(35)17-22(32)16-26(33)34)27(20-9-12-21(30)13-10-20)25-14-11-19-6-3-4-7-23(19)29(25)31-28/h3-4,6-7,9-10,12-13,18,22,32,37H,11,14-17H2,1-2H3,(H,33,34). The zero-order chi connectivity index (χ0) is 26.5. The first-order chi connectivity index (χ1) is 17.7. The van der Waals surface area contributed by atoms with Crippen molar-refractivity contribution in [3.63, 3.8) is 0 Å². The van der Waals surface area contributed by atoms with Gasteiger partial charge in [0.1, 0.15) is 12.4 Å². The lowest BCUT2D eigenvalue weighted by Crippen LogP contribution is -2.15. The Balaban J connectivity index is 1.74. The summed E-state index contributed by atoms with van der Waals surface area (Å²) in [5.41, 5.74) is 7.62. The average molecular weight is 522 g/mol. The number of carboxylic acid groups (broad SMARTS) is 1. The molecule has 1 aromatic heterocycles. The Bertz CT molecular complexity index is 1390. The van der Waals surface area contributed by atoms with Crippen LogP contribution in [0.3, 0.4) is 0 Å². The third kappa shape index (κ3) is 6.34. The van der Waals surface area contributed by atoms with Gasteiger partial charge in [0, 0.05) is 17.3 Å². The maximum Gasteiger partial charge on any atom is 0.305 e. The van der Waals surface area contributed by atoms with Crippen LogP contribution in [0.1, 0.15) is 48.6 Å². The van der Waals surface area contributed by atoms with Gasteiger partial charge < -0.3 is 14.7 Å². The Labute approximate surface area is 216 Å². The number of aliphatic hydroxyl groups excluding tert-OH is 1. The zero-order valence-corrected chi connectivity index (χ0v) is 21.8. The van der Waals surface area contributed by atoms with Crippen LogP contribution in [0.25, 0.3) is 22.4 Å². The minimum absolute atomic E-state index is 0.0501. The minimum Gasteiger partial charge on any atom is -0.481 e. The number of halogens is 1. The lowest BCUT2D eigenvalue weighted by atomic mass is 9.81. The van der Waals surface area contributed by atoms with Crippen molar-refractivity contribution >= 4 is 14.0 Å². The second-order valence-corrected chi connectivity index (χ2v) is 10.8. The zero-order valence-electron chi connectivity index (χ0n) is 20.8. The topological polar surface area (TPSA) is 96.7 Å². The molecule has 2 N–H and O–H groups in total. The molecular formula is C29H29FNO5P. The van der Waals surface area contributed by atoms with Gasteiger partial charge in [-0.25, -0.2) is 4.39 Å². The maximum absolute atomic E-state index is 13.8. The van der Waals surface area contributed by atoms with Gasteiger partial charge in [-0.05, 0) is 47.6 Å². The van der Waals surface area contributed by atoms with Crippen molar-refractivity contribution in [2.45, 2.75) is 45.1 Å². The highest BCUT2D eigenvalue weighted by Crippen LogP contribution is 2.41. The molecular weight excluding hydrogens is 492 g/mol. The van der Waals surface area contributed by atoms with Gasteiger partial charge in [-0.15, -0.1) is 0 Å². The number of carboxylic acids is 1. The van der Waals surface area contributed by atoms with Crippen molar-refractivity contribution in [2.75, 3.05) is 12.8 Å². The van der Waals surface area contributed by atoms with E-state index >= 15 is 0 Å². The molecule has 3 aromatic rings. The molecule has 0 bridgehead atoms. The molecule has 2 atom stereocenters. The highest BCUT2D eigenvalue weighted by atomic mass is 31.1. The van der Waals surface area contributed by atoms with Crippen LogP contribution in [-0.2, 0) is 26.7 Å². The predicted molar refractivity (Wildman–Crippen MR) is 142 cm³/mol. The molecule has 6 nitrogen and oxygen atoms in total. The van der Waals surface area contributed by atoms with E-state index in [4.69, 9.17) is 14.6 Å². The number of hydrogen-bond donors (Lipinski definition) is 2. The van der Waals surface area contributed by atoms with Gasteiger partial charge in [-0.1, -0.05) is 62.1 Å². The highest BCUT2D eigenvalue weighted by molar-refractivity contribution is 7.39. The van der Waals surface area contributed by atoms with Crippen LogP contribution in [0.5, 0.6) is 0 Å². The average Bonchev–Trinajstić information content (AvgIpc) is 2.85. The Morgan fingerprint density at radius 3 is 2.59 bits per heavy atom. The third-order valence-electron chi connectivity index (χ3n) is 6.25. The second-order valence-electron chi connectivity index (χ2n) is 9.31. The summed E-state index contributed by atoms with van der Waals surface area (Å²) >= 11 is 0. The molecule has 0 saturated carbocycles. The van der Waals surface area contributed by atoms with E-state index in [1.807, 2.05) is 26.0 Å². The number of carbonyl (C=O) groups is 1. The fraction of sp³-hybridized carbons (Fsp3) is 0.310. The van der Waals surface area contributed by atoms with E-state index in [1.54, 1.807) is 12.1 Å². The number of pyridine rings is 1. The fourth-order valence-corrected chi connectivity index (χ4v) is 5.46. The summed E-state index contributed by atoms with van der Waals surface area (Å²) in [7, 11) is -2.65. The van der Waals surface area contributed by atoms with Gasteiger partial charge in [-0.2, -0.15) is 0 Å². The van der Waals surface area contributed by atoms with Crippen molar-refractivity contribution in [3.8, 4) is 34.2 Å². The van der Waals surface area contributed by atoms with E-state index in [9.17, 15) is 18.9 Å². The molecule has 1 heterocycles. The smallest absolute Gasteiger partial charge is 0.305 e. The number of aliphatic carboxylic acids is 1. The summed E-state index contributed by atoms with van der Waals surface area (Å²) in [6, 6.07) is 14.6. The largest absolute Gasteiger partial charge is 0.481 e. The second kappa shape index (κ2) is 11.8. The molecule has 0 spiro atoms. The number of fused-ring (bicyclic) bond motifs is 3. The van der Waals surface area contributed by atoms with Crippen LogP contribution >= 0.6 is 8.03 Å². The quantitative estimate of drug-likeness (QED) is 0.302. The van der Waals surface area contributed by atoms with E-state index in [0.717, 1.165) is 52.0 Å². The first kappa shape index (κ1) is 26.8. The molecule has 0 amide bonds. The lowest BCUT2D eigenvalue weighted by Gasteiger charge is -2.25. The molecule has 2 unspecified atom stereocenters. The molecule has 2 aromatic carbocycles. The van der Waals surface area contributed by atoms with E-state index in [0.29, 0.717) is 0 Å². The molecule has 1 aliphatic rings. The highest BCUT2D eigenvalue weighted by Gasteiger charge is 2.26. The number of aliphatic hydroxyl groups is 1. The van der Waals surface area contributed by atoms with E-state index in [2.05, 4.69) is 24.0 Å². The summed E-state index contributed by atoms with van der Waals surface area (Å²) in [4.78, 5) is 15.8. The van der Waals surface area contributed by atoms with Crippen LogP contribution in [-0.4, -0.2) is 40.0 Å². The van der Waals surface area contributed by atoms with Crippen molar-refractivity contribution < 1.29 is 28.5 Å². The van der Waals surface area contributed by atoms with Crippen LogP contribution in [0, 0.1) is 17.7 Å². The van der Waals surface area contributed by atoms with E-state index < -0.39 is 26.5 Å². The number of aromatic nitrogens is 1. The maximum atomic E-state index is 13.8. The SMILES string of the molecule is CC(C)c1nc2c(c(-c3ccc(F)cc3)c1C#CCO[PH](=O)CC(O)CC(=O)O)CCc1ccccc1-2. The fourth-order valence-electron chi connectivity index (χ4n) is 4.58. The minimum atomic E-state index is -2.65. The molecule has 192 valence electrons. The predicted octanol–water partition coefficient (Wildman–Crippen LogP) is 5.46. The molecule has 0 saturated heterocycles. The van der Waals surface area contributed by atoms with Crippen LogP contribution in [0.15, 0.2) is 48.5 Å². The van der Waals surface area contributed by atoms with Gasteiger partial charge in [0.25, 0.3) is 0 Å². The van der Waals surface area contributed by atoms with Crippen molar-refractivity contribution in [2.24, 2.45) is 0 Å². The normalized spacial score (nSPS) is 13.8. The summed E-state index contributed by atoms with van der Waals surface area (Å²) in [5, 5.41) is 18.4. The first-order valence-corrected chi connectivity index (χ1v) is 13.7. The summed E-state index contributed by atoms with van der Waals surface area (Å²) in [5.74, 6) is 4.67. The molecule has 1 aliphatic carbocycles. The number of hydrogen-bond acceptors (Lipinski definition) is 5. The molecule has 4 rings (SSSR count). The molecule has 0 aliphatic heterocycles. The van der Waals surface area contributed by atoms with Crippen molar-refractivity contribution in [1.82, 2.24) is 4.98 Å². The number of rotatable bonds is 8. The lowest BCUT2D eigenvalue weighted by molar-refractivity contribution is -0.138. The third-order valence-corrected chi connectivity index (χ3v) is 7.52. The number of aryl methyl sites for hydroxylation is 1. The van der Waals surface area contributed by atoms with Gasteiger partial charge in [0.2, 0.25) is 0 Å². The van der Waals surface area contributed by atoms with Gasteiger partial charge in [0.15, 0.2) is 8.03 Å². The van der Waals surface area contributed by atoms with Crippen LogP contribution < -0.4 is 0 Å². The van der Waals surface area contributed by atoms with Crippen molar-refractivity contribution in [3.05, 3.63) is 76.7 Å². The number of nitrogens with zero attached hydrogens (tertiary/aromatic N) is 1. The molecule has 0 fully saturated rings. The van der Waals surface area contributed by atoms with Gasteiger partial charge in [-0.3, -0.25) is 14.3 Å². The summed E-state index contributed by atoms with van der Waals surface area (Å²) < 4.78 is 31.2. The summed E-state index contributed by atoms with van der Waals surface area (Å²) in [6.45, 7) is 3.95. The van der Waals surface area contributed by atoms with Crippen LogP contribution in [0.2, 0.25) is 0 Å². The monoisotopic (exact) mass is 521 g/mol. The van der Waals surface area contributed by atoms with Crippen LogP contribution in [0.4, 0.5) is 4.39 Å². The molecule has 37 heavy (non-hydrogen) atoms. The van der Waals surface area contributed by atoms with Gasteiger partial charge in [0.05, 0.1) is 29.5 Å². The number of benzene rings is 2. The Kier molecular flexibility index (Phi) is 8.56. The Morgan fingerprint density at radius 1 is 1.16 bits per heavy atom. The molecule has 8 heteroatoms. The van der Waals surface area contributed by atoms with E-state index in [1.165, 1.54) is 17.7 Å².